The number of aryl methyl sites for hydroxylation is 1. The Kier molecular flexibility index (Phi) is 10.4. The van der Waals surface area contributed by atoms with Crippen molar-refractivity contribution in [3.63, 3.8) is 0 Å². The van der Waals surface area contributed by atoms with Gasteiger partial charge in [0, 0.05) is 20.1 Å². The van der Waals surface area contributed by atoms with Crippen molar-refractivity contribution in [3.05, 3.63) is 42.0 Å². The lowest BCUT2D eigenvalue weighted by Crippen LogP contribution is -2.44. The Morgan fingerprint density at radius 2 is 1.90 bits per heavy atom. The van der Waals surface area contributed by atoms with Gasteiger partial charge in [-0.1, -0.05) is 18.6 Å². The minimum atomic E-state index is 0. The second kappa shape index (κ2) is 12.7. The van der Waals surface area contributed by atoms with E-state index in [0.29, 0.717) is 12.6 Å². The molecule has 0 aliphatic carbocycles. The van der Waals surface area contributed by atoms with Crippen LogP contribution in [0.4, 0.5) is 0 Å². The Labute approximate surface area is 196 Å². The molecule has 1 aromatic heterocycles. The zero-order chi connectivity index (χ0) is 20.5. The van der Waals surface area contributed by atoms with Gasteiger partial charge >= 0.3 is 0 Å². The smallest absolute Gasteiger partial charge is 0.191 e. The van der Waals surface area contributed by atoms with Crippen molar-refractivity contribution < 1.29 is 4.74 Å². The summed E-state index contributed by atoms with van der Waals surface area (Å²) in [5, 5.41) is 14.9. The van der Waals surface area contributed by atoms with Crippen LogP contribution in [0.15, 0.2) is 35.6 Å². The maximum atomic E-state index is 5.33. The van der Waals surface area contributed by atoms with Crippen molar-refractivity contribution >= 4 is 29.9 Å². The van der Waals surface area contributed by atoms with Crippen LogP contribution in [0.25, 0.3) is 0 Å². The van der Waals surface area contributed by atoms with Gasteiger partial charge in [0.05, 0.1) is 13.2 Å². The van der Waals surface area contributed by atoms with Gasteiger partial charge in [0.1, 0.15) is 18.6 Å². The molecule has 1 aliphatic rings. The zero-order valence-electron chi connectivity index (χ0n) is 18.2. The van der Waals surface area contributed by atoms with Crippen LogP contribution < -0.4 is 15.4 Å². The molecule has 1 aliphatic heterocycles. The molecule has 0 amide bonds. The molecule has 1 unspecified atom stereocenters. The molecule has 9 heteroatoms. The summed E-state index contributed by atoms with van der Waals surface area (Å²) in [6.45, 7) is 6.42. The number of benzene rings is 1. The molecule has 2 aromatic rings. The van der Waals surface area contributed by atoms with E-state index in [2.05, 4.69) is 49.8 Å². The highest BCUT2D eigenvalue weighted by Crippen LogP contribution is 2.25. The number of halogens is 1. The molecule has 0 bridgehead atoms. The van der Waals surface area contributed by atoms with Gasteiger partial charge in [0.25, 0.3) is 0 Å². The van der Waals surface area contributed by atoms with Crippen molar-refractivity contribution in [2.45, 2.75) is 38.8 Å². The number of rotatable bonds is 8. The Bertz CT molecular complexity index is 772. The molecule has 8 nitrogen and oxygen atoms in total. The van der Waals surface area contributed by atoms with Gasteiger partial charge in [-0.3, -0.25) is 4.90 Å². The first-order valence-corrected chi connectivity index (χ1v) is 10.4. The summed E-state index contributed by atoms with van der Waals surface area (Å²) >= 11 is 0. The van der Waals surface area contributed by atoms with E-state index >= 15 is 0 Å². The van der Waals surface area contributed by atoms with Crippen LogP contribution in [-0.2, 0) is 13.6 Å². The first kappa shape index (κ1) is 24.4. The highest BCUT2D eigenvalue weighted by atomic mass is 127. The maximum absolute atomic E-state index is 5.33. The summed E-state index contributed by atoms with van der Waals surface area (Å²) in [6.07, 6.45) is 5.53. The Hall–Kier alpha value is -1.88. The zero-order valence-corrected chi connectivity index (χ0v) is 20.5. The van der Waals surface area contributed by atoms with E-state index in [9.17, 15) is 0 Å². The third kappa shape index (κ3) is 6.83. The number of guanidine groups is 1. The SMILES string of the molecule is CCNC(=NCc1nncn1C)NCC(c1ccc(OC)cc1)N1CCCCC1.I. The largest absolute Gasteiger partial charge is 0.497 e. The number of nitrogens with one attached hydrogen (secondary N) is 2. The quantitative estimate of drug-likeness (QED) is 0.312. The Balaban J connectivity index is 0.00000320. The first-order chi connectivity index (χ1) is 14.2. The molecule has 1 atom stereocenters. The first-order valence-electron chi connectivity index (χ1n) is 10.4. The number of hydrogen-bond acceptors (Lipinski definition) is 5. The lowest BCUT2D eigenvalue weighted by Gasteiger charge is -2.35. The maximum Gasteiger partial charge on any atom is 0.191 e. The summed E-state index contributed by atoms with van der Waals surface area (Å²) < 4.78 is 7.22. The number of aliphatic imine (C=N–C) groups is 1. The molecular weight excluding hydrogens is 493 g/mol. The van der Waals surface area contributed by atoms with E-state index in [0.717, 1.165) is 43.7 Å². The summed E-state index contributed by atoms with van der Waals surface area (Å²) in [5.41, 5.74) is 1.30. The average molecular weight is 527 g/mol. The number of aromatic nitrogens is 3. The molecular formula is C21H34IN7O. The molecule has 1 fully saturated rings. The van der Waals surface area contributed by atoms with Gasteiger partial charge in [0.15, 0.2) is 11.8 Å². The Morgan fingerprint density at radius 3 is 2.50 bits per heavy atom. The number of ether oxygens (including phenoxy) is 1. The monoisotopic (exact) mass is 527 g/mol. The fraction of sp³-hybridized carbons (Fsp3) is 0.571. The van der Waals surface area contributed by atoms with Crippen molar-refractivity contribution in [1.29, 1.82) is 0 Å². The fourth-order valence-corrected chi connectivity index (χ4v) is 3.65. The van der Waals surface area contributed by atoms with Gasteiger partial charge in [-0.15, -0.1) is 34.2 Å². The predicted molar refractivity (Wildman–Crippen MR) is 130 cm³/mol. The number of likely N-dealkylation sites (tertiary alicyclic amines) is 1. The third-order valence-corrected chi connectivity index (χ3v) is 5.32. The summed E-state index contributed by atoms with van der Waals surface area (Å²) in [7, 11) is 3.64. The van der Waals surface area contributed by atoms with Crippen molar-refractivity contribution in [2.75, 3.05) is 33.3 Å². The number of nitrogens with zero attached hydrogens (tertiary/aromatic N) is 5. The lowest BCUT2D eigenvalue weighted by molar-refractivity contribution is 0.164. The standard InChI is InChI=1S/C21H33N7O.HI/c1-4-22-21(24-15-20-26-25-16-27(20)2)23-14-19(28-12-6-5-7-13-28)17-8-10-18(29-3)11-9-17;/h8-11,16,19H,4-7,12-15H2,1-3H3,(H2,22,23,24);1H. The average Bonchev–Trinajstić information content (AvgIpc) is 3.18. The van der Waals surface area contributed by atoms with Gasteiger partial charge in [-0.25, -0.2) is 4.99 Å². The van der Waals surface area contributed by atoms with Crippen molar-refractivity contribution in [1.82, 2.24) is 30.3 Å². The molecule has 2 N–H and O–H groups in total. The van der Waals surface area contributed by atoms with Crippen LogP contribution in [0, 0.1) is 0 Å². The molecule has 166 valence electrons. The molecule has 0 radical (unpaired) electrons. The molecule has 1 aromatic carbocycles. The van der Waals surface area contributed by atoms with E-state index in [-0.39, 0.29) is 24.0 Å². The van der Waals surface area contributed by atoms with E-state index in [4.69, 9.17) is 4.74 Å². The molecule has 0 spiro atoms. The normalized spacial score (nSPS) is 15.9. The number of hydrogen-bond donors (Lipinski definition) is 2. The third-order valence-electron chi connectivity index (χ3n) is 5.32. The highest BCUT2D eigenvalue weighted by molar-refractivity contribution is 14.0. The van der Waals surface area contributed by atoms with Crippen LogP contribution in [0.3, 0.4) is 0 Å². The van der Waals surface area contributed by atoms with E-state index in [1.807, 2.05) is 23.7 Å². The van der Waals surface area contributed by atoms with Crippen LogP contribution >= 0.6 is 24.0 Å². The van der Waals surface area contributed by atoms with E-state index in [1.165, 1.54) is 24.8 Å². The van der Waals surface area contributed by atoms with E-state index < -0.39 is 0 Å². The second-order valence-corrected chi connectivity index (χ2v) is 7.32. The van der Waals surface area contributed by atoms with Crippen molar-refractivity contribution in [3.8, 4) is 5.75 Å². The number of piperidine rings is 1. The second-order valence-electron chi connectivity index (χ2n) is 7.32. The van der Waals surface area contributed by atoms with E-state index in [1.54, 1.807) is 13.4 Å². The minimum Gasteiger partial charge on any atom is -0.497 e. The highest BCUT2D eigenvalue weighted by Gasteiger charge is 2.22. The predicted octanol–water partition coefficient (Wildman–Crippen LogP) is 2.72. The van der Waals surface area contributed by atoms with Crippen LogP contribution in [0.1, 0.15) is 43.6 Å². The molecule has 1 saturated heterocycles. The van der Waals surface area contributed by atoms with Crippen molar-refractivity contribution in [2.24, 2.45) is 12.0 Å². The number of methoxy groups -OCH3 is 1. The summed E-state index contributed by atoms with van der Waals surface area (Å²) in [5.74, 6) is 2.52. The van der Waals surface area contributed by atoms with Gasteiger partial charge < -0.3 is 19.9 Å². The van der Waals surface area contributed by atoms with Crippen LogP contribution in [0.2, 0.25) is 0 Å². The topological polar surface area (TPSA) is 79.6 Å². The fourth-order valence-electron chi connectivity index (χ4n) is 3.65. The molecule has 30 heavy (non-hydrogen) atoms. The molecule has 2 heterocycles. The minimum absolute atomic E-state index is 0. The van der Waals surface area contributed by atoms with Crippen LogP contribution in [-0.4, -0.2) is 58.9 Å². The molecule has 0 saturated carbocycles. The summed E-state index contributed by atoms with van der Waals surface area (Å²) in [6, 6.07) is 8.71. The summed E-state index contributed by atoms with van der Waals surface area (Å²) in [4.78, 5) is 7.26. The lowest BCUT2D eigenvalue weighted by atomic mass is 10.0. The van der Waals surface area contributed by atoms with Gasteiger partial charge in [-0.2, -0.15) is 0 Å². The van der Waals surface area contributed by atoms with Gasteiger partial charge in [-0.05, 0) is 50.6 Å². The molecule has 3 rings (SSSR count). The van der Waals surface area contributed by atoms with Crippen LogP contribution in [0.5, 0.6) is 5.75 Å². The Morgan fingerprint density at radius 1 is 1.17 bits per heavy atom. The van der Waals surface area contributed by atoms with Gasteiger partial charge in [0.2, 0.25) is 0 Å².